The van der Waals surface area contributed by atoms with Crippen molar-refractivity contribution in [3.63, 3.8) is 0 Å². The third-order valence-electron chi connectivity index (χ3n) is 4.14. The molecule has 4 rings (SSSR count). The maximum Gasteiger partial charge on any atom is 0.261 e. The lowest BCUT2D eigenvalue weighted by Gasteiger charge is -2.10. The van der Waals surface area contributed by atoms with Crippen molar-refractivity contribution < 1.29 is 9.13 Å². The van der Waals surface area contributed by atoms with Gasteiger partial charge in [0.1, 0.15) is 11.6 Å². The average Bonchev–Trinajstić information content (AvgIpc) is 2.81. The second-order valence-electron chi connectivity index (χ2n) is 5.59. The smallest absolute Gasteiger partial charge is 0.261 e. The van der Waals surface area contributed by atoms with E-state index in [4.69, 9.17) is 4.74 Å². The highest BCUT2D eigenvalue weighted by Crippen LogP contribution is 2.23. The first-order valence-electron chi connectivity index (χ1n) is 7.59. The van der Waals surface area contributed by atoms with Crippen molar-refractivity contribution in [1.82, 2.24) is 9.55 Å². The Balaban J connectivity index is 1.89. The van der Waals surface area contributed by atoms with Gasteiger partial charge < -0.3 is 4.74 Å². The van der Waals surface area contributed by atoms with Crippen molar-refractivity contribution in [1.29, 1.82) is 0 Å². The van der Waals surface area contributed by atoms with E-state index in [1.165, 1.54) is 12.1 Å². The van der Waals surface area contributed by atoms with Crippen LogP contribution in [0.25, 0.3) is 22.0 Å². The fourth-order valence-corrected chi connectivity index (χ4v) is 2.93. The van der Waals surface area contributed by atoms with Gasteiger partial charge in [0.2, 0.25) is 0 Å². The number of fused-ring (bicyclic) bond motifs is 2. The van der Waals surface area contributed by atoms with Gasteiger partial charge in [0, 0.05) is 6.42 Å². The van der Waals surface area contributed by atoms with Crippen molar-refractivity contribution in [3.8, 4) is 11.1 Å². The maximum absolute atomic E-state index is 13.1. The van der Waals surface area contributed by atoms with Gasteiger partial charge in [0.05, 0.1) is 30.7 Å². The Hall–Kier alpha value is -2.53. The Morgan fingerprint density at radius 2 is 1.83 bits per heavy atom. The minimum Gasteiger partial charge on any atom is -0.379 e. The number of ether oxygens (including phenoxy) is 1. The summed E-state index contributed by atoms with van der Waals surface area (Å²) in [5.41, 5.74) is 2.46. The van der Waals surface area contributed by atoms with E-state index in [0.29, 0.717) is 37.1 Å². The van der Waals surface area contributed by atoms with E-state index in [-0.39, 0.29) is 11.4 Å². The van der Waals surface area contributed by atoms with E-state index in [1.807, 2.05) is 12.1 Å². The molecule has 2 aromatic carbocycles. The topological polar surface area (TPSA) is 44.1 Å². The molecule has 0 unspecified atom stereocenters. The summed E-state index contributed by atoms with van der Waals surface area (Å²) in [4.78, 5) is 17.3. The highest BCUT2D eigenvalue weighted by molar-refractivity contribution is 5.83. The number of hydrogen-bond donors (Lipinski definition) is 0. The summed E-state index contributed by atoms with van der Waals surface area (Å²) in [6.07, 6.45) is 0.631. The lowest BCUT2D eigenvalue weighted by Crippen LogP contribution is -2.25. The standard InChI is InChI=1S/C18H15FN2O2/c19-14-4-1-12(2-5-14)13-3-6-15-16(11-13)20-17-7-9-23-10-8-21(17)18(15)22/h1-6,11H,7-10H2. The molecule has 0 saturated carbocycles. The minimum atomic E-state index is -0.267. The second kappa shape index (κ2) is 5.59. The summed E-state index contributed by atoms with van der Waals surface area (Å²) >= 11 is 0. The predicted octanol–water partition coefficient (Wildman–Crippen LogP) is 2.78. The molecular weight excluding hydrogens is 295 g/mol. The van der Waals surface area contributed by atoms with E-state index < -0.39 is 0 Å². The molecule has 116 valence electrons. The number of nitrogens with zero attached hydrogens (tertiary/aromatic N) is 2. The quantitative estimate of drug-likeness (QED) is 0.694. The second-order valence-corrected chi connectivity index (χ2v) is 5.59. The third-order valence-corrected chi connectivity index (χ3v) is 4.14. The lowest BCUT2D eigenvalue weighted by molar-refractivity contribution is 0.140. The zero-order chi connectivity index (χ0) is 15.8. The van der Waals surface area contributed by atoms with Gasteiger partial charge in [0.25, 0.3) is 5.56 Å². The van der Waals surface area contributed by atoms with Crippen LogP contribution < -0.4 is 5.56 Å². The van der Waals surface area contributed by atoms with Crippen LogP contribution in [0.3, 0.4) is 0 Å². The molecule has 1 aliphatic rings. The van der Waals surface area contributed by atoms with Gasteiger partial charge in [-0.1, -0.05) is 18.2 Å². The summed E-state index contributed by atoms with van der Waals surface area (Å²) in [5.74, 6) is 0.493. The molecule has 0 amide bonds. The van der Waals surface area contributed by atoms with E-state index in [2.05, 4.69) is 4.98 Å². The van der Waals surface area contributed by atoms with Crippen LogP contribution in [0.2, 0.25) is 0 Å². The molecule has 23 heavy (non-hydrogen) atoms. The van der Waals surface area contributed by atoms with Crippen LogP contribution in [-0.2, 0) is 17.7 Å². The number of halogens is 1. The van der Waals surface area contributed by atoms with E-state index >= 15 is 0 Å². The Morgan fingerprint density at radius 3 is 2.65 bits per heavy atom. The van der Waals surface area contributed by atoms with Crippen molar-refractivity contribution in [2.24, 2.45) is 0 Å². The van der Waals surface area contributed by atoms with Gasteiger partial charge in [-0.3, -0.25) is 9.36 Å². The van der Waals surface area contributed by atoms with Crippen molar-refractivity contribution in [3.05, 3.63) is 64.5 Å². The van der Waals surface area contributed by atoms with Crippen LogP contribution in [0.5, 0.6) is 0 Å². The molecule has 0 bridgehead atoms. The average molecular weight is 310 g/mol. The molecule has 1 aromatic heterocycles. The molecule has 1 aliphatic heterocycles. The lowest BCUT2D eigenvalue weighted by atomic mass is 10.0. The molecular formula is C18H15FN2O2. The highest BCUT2D eigenvalue weighted by atomic mass is 19.1. The number of rotatable bonds is 1. The minimum absolute atomic E-state index is 0.0267. The summed E-state index contributed by atoms with van der Waals surface area (Å²) < 4.78 is 20.2. The molecule has 3 aromatic rings. The Labute approximate surface area is 132 Å². The largest absolute Gasteiger partial charge is 0.379 e. The van der Waals surface area contributed by atoms with Gasteiger partial charge in [-0.25, -0.2) is 9.37 Å². The molecule has 0 radical (unpaired) electrons. The van der Waals surface area contributed by atoms with Crippen molar-refractivity contribution >= 4 is 10.9 Å². The first kappa shape index (κ1) is 14.1. The van der Waals surface area contributed by atoms with E-state index in [1.54, 1.807) is 22.8 Å². The SMILES string of the molecule is O=c1c2ccc(-c3ccc(F)cc3)cc2nc2n1CCOCC2. The normalized spacial score (nSPS) is 14.5. The first-order valence-corrected chi connectivity index (χ1v) is 7.59. The molecule has 0 spiro atoms. The molecule has 0 aliphatic carbocycles. The summed E-state index contributed by atoms with van der Waals surface area (Å²) in [6.45, 7) is 1.65. The summed E-state index contributed by atoms with van der Waals surface area (Å²) in [5, 5.41) is 0.599. The highest BCUT2D eigenvalue weighted by Gasteiger charge is 2.14. The Bertz CT molecular complexity index is 932. The fourth-order valence-electron chi connectivity index (χ4n) is 2.93. The van der Waals surface area contributed by atoms with Gasteiger partial charge in [-0.05, 0) is 35.4 Å². The van der Waals surface area contributed by atoms with Gasteiger partial charge in [-0.2, -0.15) is 0 Å². The third kappa shape index (κ3) is 2.53. The number of aromatic nitrogens is 2. The summed E-state index contributed by atoms with van der Waals surface area (Å²) in [7, 11) is 0. The van der Waals surface area contributed by atoms with E-state index in [9.17, 15) is 9.18 Å². The van der Waals surface area contributed by atoms with Crippen LogP contribution in [0.4, 0.5) is 4.39 Å². The molecule has 2 heterocycles. The van der Waals surface area contributed by atoms with Gasteiger partial charge in [-0.15, -0.1) is 0 Å². The Kier molecular flexibility index (Phi) is 3.42. The zero-order valence-electron chi connectivity index (χ0n) is 12.5. The molecule has 0 saturated heterocycles. The number of benzene rings is 2. The fraction of sp³-hybridized carbons (Fsp3) is 0.222. The van der Waals surface area contributed by atoms with Crippen LogP contribution in [-0.4, -0.2) is 22.8 Å². The Morgan fingerprint density at radius 1 is 1.04 bits per heavy atom. The molecule has 5 heteroatoms. The van der Waals surface area contributed by atoms with Crippen LogP contribution in [0.1, 0.15) is 5.82 Å². The molecule has 0 atom stereocenters. The number of hydrogen-bond acceptors (Lipinski definition) is 3. The van der Waals surface area contributed by atoms with Gasteiger partial charge in [0.15, 0.2) is 0 Å². The van der Waals surface area contributed by atoms with Crippen molar-refractivity contribution in [2.75, 3.05) is 13.2 Å². The first-order chi connectivity index (χ1) is 11.2. The van der Waals surface area contributed by atoms with E-state index in [0.717, 1.165) is 17.0 Å². The zero-order valence-corrected chi connectivity index (χ0v) is 12.5. The molecule has 0 N–H and O–H groups in total. The van der Waals surface area contributed by atoms with Gasteiger partial charge >= 0.3 is 0 Å². The van der Waals surface area contributed by atoms with Crippen LogP contribution in [0, 0.1) is 5.82 Å². The molecule has 4 nitrogen and oxygen atoms in total. The summed E-state index contributed by atoms with van der Waals surface area (Å²) in [6, 6.07) is 11.9. The monoisotopic (exact) mass is 310 g/mol. The predicted molar refractivity (Wildman–Crippen MR) is 85.9 cm³/mol. The van der Waals surface area contributed by atoms with Crippen molar-refractivity contribution in [2.45, 2.75) is 13.0 Å². The molecule has 0 fully saturated rings. The maximum atomic E-state index is 13.1. The van der Waals surface area contributed by atoms with Crippen LogP contribution in [0.15, 0.2) is 47.3 Å². The van der Waals surface area contributed by atoms with Crippen LogP contribution >= 0.6 is 0 Å².